The van der Waals surface area contributed by atoms with E-state index in [2.05, 4.69) is 0 Å². The van der Waals surface area contributed by atoms with Crippen molar-refractivity contribution < 1.29 is 24.1 Å². The van der Waals surface area contributed by atoms with Crippen LogP contribution in [0.1, 0.15) is 32.3 Å². The molecule has 5 nitrogen and oxygen atoms in total. The fraction of sp³-hybridized carbons (Fsp3) is 0.400. The van der Waals surface area contributed by atoms with Crippen molar-refractivity contribution in [1.82, 2.24) is 0 Å². The van der Waals surface area contributed by atoms with E-state index in [4.69, 9.17) is 19.3 Å². The Balaban J connectivity index is 2.33. The molecule has 0 amide bonds. The van der Waals surface area contributed by atoms with E-state index in [9.17, 15) is 4.79 Å². The highest BCUT2D eigenvalue weighted by molar-refractivity contribution is 5.86. The lowest BCUT2D eigenvalue weighted by atomic mass is 10.1. The molecule has 5 heteroatoms. The Morgan fingerprint density at radius 1 is 1.35 bits per heavy atom. The quantitative estimate of drug-likeness (QED) is 0.810. The van der Waals surface area contributed by atoms with Gasteiger partial charge in [-0.1, -0.05) is 13.8 Å². The van der Waals surface area contributed by atoms with Gasteiger partial charge in [0.2, 0.25) is 6.79 Å². The standard InChI is InChI=1S/C15H18O5/c1-3-11(4-2)20-12-8-14-13(18-9-19-14)7-10(12)5-6-15(16)17/h5-8,11H,3-4,9H2,1-2H3,(H,16,17)/b6-5+. The molecule has 0 saturated heterocycles. The first-order valence-corrected chi connectivity index (χ1v) is 6.65. The molecule has 1 aromatic rings. The first-order chi connectivity index (χ1) is 9.63. The van der Waals surface area contributed by atoms with Crippen LogP contribution in [0, 0.1) is 0 Å². The monoisotopic (exact) mass is 278 g/mol. The van der Waals surface area contributed by atoms with Crippen LogP contribution in [0.15, 0.2) is 18.2 Å². The minimum atomic E-state index is -1.00. The van der Waals surface area contributed by atoms with Gasteiger partial charge in [0.1, 0.15) is 5.75 Å². The SMILES string of the molecule is CCC(CC)Oc1cc2c(cc1/C=C/C(=O)O)OCO2. The van der Waals surface area contributed by atoms with Gasteiger partial charge in [0, 0.05) is 17.7 Å². The Bertz CT molecular complexity index is 517. The molecular weight excluding hydrogens is 260 g/mol. The van der Waals surface area contributed by atoms with Crippen molar-refractivity contribution >= 4 is 12.0 Å². The first-order valence-electron chi connectivity index (χ1n) is 6.65. The summed E-state index contributed by atoms with van der Waals surface area (Å²) in [5, 5.41) is 8.75. The summed E-state index contributed by atoms with van der Waals surface area (Å²) in [5.41, 5.74) is 0.670. The zero-order chi connectivity index (χ0) is 14.5. The van der Waals surface area contributed by atoms with Crippen LogP contribution >= 0.6 is 0 Å². The van der Waals surface area contributed by atoms with Gasteiger partial charge in [-0.3, -0.25) is 0 Å². The fourth-order valence-corrected chi connectivity index (χ4v) is 1.97. The summed E-state index contributed by atoms with van der Waals surface area (Å²) >= 11 is 0. The van der Waals surface area contributed by atoms with Crippen LogP contribution in [0.25, 0.3) is 6.08 Å². The van der Waals surface area contributed by atoms with Gasteiger partial charge in [-0.05, 0) is 25.0 Å². The van der Waals surface area contributed by atoms with E-state index in [0.717, 1.165) is 18.9 Å². The molecule has 20 heavy (non-hydrogen) atoms. The van der Waals surface area contributed by atoms with Gasteiger partial charge in [-0.15, -0.1) is 0 Å². The van der Waals surface area contributed by atoms with E-state index < -0.39 is 5.97 Å². The van der Waals surface area contributed by atoms with E-state index in [0.29, 0.717) is 22.8 Å². The van der Waals surface area contributed by atoms with Crippen LogP contribution in [-0.2, 0) is 4.79 Å². The van der Waals surface area contributed by atoms with Gasteiger partial charge < -0.3 is 19.3 Å². The van der Waals surface area contributed by atoms with Crippen molar-refractivity contribution in [2.45, 2.75) is 32.8 Å². The Kier molecular flexibility index (Phi) is 4.50. The lowest BCUT2D eigenvalue weighted by Crippen LogP contribution is -2.14. The molecular formula is C15H18O5. The molecule has 0 aliphatic carbocycles. The summed E-state index contributed by atoms with van der Waals surface area (Å²) < 4.78 is 16.5. The van der Waals surface area contributed by atoms with Gasteiger partial charge in [0.25, 0.3) is 0 Å². The van der Waals surface area contributed by atoms with Crippen molar-refractivity contribution in [2.75, 3.05) is 6.79 Å². The second-order valence-corrected chi connectivity index (χ2v) is 4.47. The lowest BCUT2D eigenvalue weighted by molar-refractivity contribution is -0.131. The van der Waals surface area contributed by atoms with Gasteiger partial charge in [0.05, 0.1) is 6.10 Å². The van der Waals surface area contributed by atoms with Crippen molar-refractivity contribution in [2.24, 2.45) is 0 Å². The summed E-state index contributed by atoms with van der Waals surface area (Å²) in [7, 11) is 0. The number of ether oxygens (including phenoxy) is 3. The van der Waals surface area contributed by atoms with Gasteiger partial charge in [-0.25, -0.2) is 4.79 Å². The second kappa shape index (κ2) is 6.32. The topological polar surface area (TPSA) is 65.0 Å². The largest absolute Gasteiger partial charge is 0.490 e. The molecule has 1 aliphatic heterocycles. The van der Waals surface area contributed by atoms with E-state index in [-0.39, 0.29) is 12.9 Å². The number of hydrogen-bond donors (Lipinski definition) is 1. The van der Waals surface area contributed by atoms with E-state index in [1.54, 1.807) is 12.1 Å². The van der Waals surface area contributed by atoms with Crippen LogP contribution in [0.3, 0.4) is 0 Å². The summed E-state index contributed by atoms with van der Waals surface area (Å²) in [4.78, 5) is 10.7. The van der Waals surface area contributed by atoms with Crippen molar-refractivity contribution in [1.29, 1.82) is 0 Å². The molecule has 1 heterocycles. The van der Waals surface area contributed by atoms with Gasteiger partial charge >= 0.3 is 5.97 Å². The maximum Gasteiger partial charge on any atom is 0.328 e. The van der Waals surface area contributed by atoms with Crippen LogP contribution < -0.4 is 14.2 Å². The van der Waals surface area contributed by atoms with Crippen LogP contribution in [-0.4, -0.2) is 24.0 Å². The fourth-order valence-electron chi connectivity index (χ4n) is 1.97. The molecule has 1 N–H and O–H groups in total. The number of hydrogen-bond acceptors (Lipinski definition) is 4. The predicted octanol–water partition coefficient (Wildman–Crippen LogP) is 3.08. The number of carboxylic acids is 1. The minimum Gasteiger partial charge on any atom is -0.490 e. The lowest BCUT2D eigenvalue weighted by Gasteiger charge is -2.17. The molecule has 108 valence electrons. The summed E-state index contributed by atoms with van der Waals surface area (Å²) in [5.74, 6) is 0.835. The number of carbonyl (C=O) groups is 1. The van der Waals surface area contributed by atoms with E-state index >= 15 is 0 Å². The average molecular weight is 278 g/mol. The average Bonchev–Trinajstić information content (AvgIpc) is 2.88. The number of aliphatic carboxylic acids is 1. The summed E-state index contributed by atoms with van der Waals surface area (Å²) in [6.45, 7) is 4.27. The highest BCUT2D eigenvalue weighted by Gasteiger charge is 2.18. The Morgan fingerprint density at radius 3 is 2.60 bits per heavy atom. The van der Waals surface area contributed by atoms with Gasteiger partial charge in [0.15, 0.2) is 11.5 Å². The molecule has 1 aromatic carbocycles. The zero-order valence-corrected chi connectivity index (χ0v) is 11.6. The Hall–Kier alpha value is -2.17. The minimum absolute atomic E-state index is 0.0901. The molecule has 0 spiro atoms. The van der Waals surface area contributed by atoms with Crippen molar-refractivity contribution in [3.05, 3.63) is 23.8 Å². The third kappa shape index (κ3) is 3.23. The molecule has 0 atom stereocenters. The molecule has 1 aliphatic rings. The van der Waals surface area contributed by atoms with Crippen molar-refractivity contribution in [3.63, 3.8) is 0 Å². The summed E-state index contributed by atoms with van der Waals surface area (Å²) in [6.07, 6.45) is 4.44. The number of rotatable bonds is 6. The molecule has 0 aromatic heterocycles. The maximum atomic E-state index is 10.7. The van der Waals surface area contributed by atoms with Crippen LogP contribution in [0.2, 0.25) is 0 Å². The second-order valence-electron chi connectivity index (χ2n) is 4.47. The molecule has 0 saturated carbocycles. The zero-order valence-electron chi connectivity index (χ0n) is 11.6. The van der Waals surface area contributed by atoms with E-state index in [1.165, 1.54) is 6.08 Å². The molecule has 0 radical (unpaired) electrons. The van der Waals surface area contributed by atoms with Gasteiger partial charge in [-0.2, -0.15) is 0 Å². The Morgan fingerprint density at radius 2 is 2.00 bits per heavy atom. The highest BCUT2D eigenvalue weighted by atomic mass is 16.7. The molecule has 0 fully saturated rings. The van der Waals surface area contributed by atoms with Crippen molar-refractivity contribution in [3.8, 4) is 17.2 Å². The van der Waals surface area contributed by atoms with Crippen LogP contribution in [0.5, 0.6) is 17.2 Å². The van der Waals surface area contributed by atoms with Crippen LogP contribution in [0.4, 0.5) is 0 Å². The predicted molar refractivity (Wildman–Crippen MR) is 74.2 cm³/mol. The Labute approximate surface area is 117 Å². The number of benzene rings is 1. The third-order valence-electron chi connectivity index (χ3n) is 3.11. The number of fused-ring (bicyclic) bond motifs is 1. The van der Waals surface area contributed by atoms with E-state index in [1.807, 2.05) is 13.8 Å². The maximum absolute atomic E-state index is 10.7. The normalized spacial score (nSPS) is 13.2. The molecule has 0 bridgehead atoms. The molecule has 2 rings (SSSR count). The smallest absolute Gasteiger partial charge is 0.328 e. The number of carboxylic acid groups (broad SMARTS) is 1. The molecule has 0 unspecified atom stereocenters. The first kappa shape index (κ1) is 14.2. The summed E-state index contributed by atoms with van der Waals surface area (Å²) in [6, 6.07) is 3.49. The highest BCUT2D eigenvalue weighted by Crippen LogP contribution is 2.39. The third-order valence-corrected chi connectivity index (χ3v) is 3.11.